The second-order valence-electron chi connectivity index (χ2n) is 4.59. The molecule has 1 aromatic carbocycles. The summed E-state index contributed by atoms with van der Waals surface area (Å²) in [7, 11) is 1.55. The third kappa shape index (κ3) is 4.77. The number of benzene rings is 1. The maximum Gasteiger partial charge on any atom is 0.255 e. The molecule has 1 fully saturated rings. The van der Waals surface area contributed by atoms with E-state index in [-0.39, 0.29) is 11.9 Å². The van der Waals surface area contributed by atoms with Crippen molar-refractivity contribution >= 4 is 12.3 Å². The molecule has 0 radical (unpaired) electrons. The molecule has 0 unspecified atom stereocenters. The van der Waals surface area contributed by atoms with Gasteiger partial charge in [-0.3, -0.25) is 9.59 Å². The van der Waals surface area contributed by atoms with Crippen LogP contribution < -0.4 is 10.1 Å². The predicted octanol–water partition coefficient (Wildman–Crippen LogP) is 2.07. The smallest absolute Gasteiger partial charge is 0.255 e. The highest BCUT2D eigenvalue weighted by Crippen LogP contribution is 2.18. The van der Waals surface area contributed by atoms with Crippen LogP contribution in [0.5, 0.6) is 5.75 Å². The Morgan fingerprint density at radius 2 is 1.90 bits per heavy atom. The van der Waals surface area contributed by atoms with Gasteiger partial charge < -0.3 is 15.0 Å². The van der Waals surface area contributed by atoms with Gasteiger partial charge in [0.2, 0.25) is 6.41 Å². The second kappa shape index (κ2) is 9.00. The monoisotopic (exact) mass is 292 g/mol. The lowest BCUT2D eigenvalue weighted by molar-refractivity contribution is -0.119. The molecule has 0 aromatic heterocycles. The lowest BCUT2D eigenvalue weighted by Crippen LogP contribution is -2.44. The van der Waals surface area contributed by atoms with Crippen LogP contribution in [-0.4, -0.2) is 43.5 Å². The number of likely N-dealkylation sites (tertiary alicyclic amines) is 1. The number of nitrogens with zero attached hydrogens (tertiary/aromatic N) is 1. The van der Waals surface area contributed by atoms with Crippen LogP contribution in [0.15, 0.2) is 24.3 Å². The Bertz CT molecular complexity index is 455. The van der Waals surface area contributed by atoms with Gasteiger partial charge in [0.05, 0.1) is 12.7 Å². The van der Waals surface area contributed by atoms with E-state index in [1.807, 2.05) is 26.0 Å². The topological polar surface area (TPSA) is 58.6 Å². The molecule has 1 aliphatic rings. The van der Waals surface area contributed by atoms with Crippen molar-refractivity contribution < 1.29 is 14.3 Å². The first-order valence-electron chi connectivity index (χ1n) is 7.38. The van der Waals surface area contributed by atoms with E-state index in [1.165, 1.54) is 0 Å². The first-order valence-corrected chi connectivity index (χ1v) is 7.38. The van der Waals surface area contributed by atoms with E-state index in [0.717, 1.165) is 19.3 Å². The molecule has 2 amide bonds. The summed E-state index contributed by atoms with van der Waals surface area (Å²) in [5.41, 5.74) is 0.544. The number of carbonyl (C=O) groups is 2. The lowest BCUT2D eigenvalue weighted by atomic mass is 10.0. The number of para-hydroxylation sites is 1. The Morgan fingerprint density at radius 3 is 2.48 bits per heavy atom. The van der Waals surface area contributed by atoms with Crippen LogP contribution >= 0.6 is 0 Å². The average Bonchev–Trinajstić information content (AvgIpc) is 2.57. The minimum Gasteiger partial charge on any atom is -0.496 e. The third-order valence-electron chi connectivity index (χ3n) is 3.37. The van der Waals surface area contributed by atoms with Gasteiger partial charge in [0, 0.05) is 19.1 Å². The Balaban J connectivity index is 0.00000106. The summed E-state index contributed by atoms with van der Waals surface area (Å²) in [5, 5.41) is 2.99. The maximum atomic E-state index is 12.2. The van der Waals surface area contributed by atoms with E-state index >= 15 is 0 Å². The number of hydrogen-bond acceptors (Lipinski definition) is 3. The summed E-state index contributed by atoms with van der Waals surface area (Å²) < 4.78 is 5.17. The van der Waals surface area contributed by atoms with Crippen molar-refractivity contribution in [3.05, 3.63) is 29.8 Å². The molecule has 0 spiro atoms. The molecule has 0 bridgehead atoms. The Kier molecular flexibility index (Phi) is 7.29. The zero-order valence-corrected chi connectivity index (χ0v) is 13.0. The van der Waals surface area contributed by atoms with E-state index < -0.39 is 0 Å². The summed E-state index contributed by atoms with van der Waals surface area (Å²) in [5.74, 6) is 0.451. The summed E-state index contributed by atoms with van der Waals surface area (Å²) in [6.45, 7) is 5.39. The lowest BCUT2D eigenvalue weighted by Gasteiger charge is -2.29. The van der Waals surface area contributed by atoms with Crippen molar-refractivity contribution in [3.63, 3.8) is 0 Å². The SMILES string of the molecule is CC.COc1ccccc1C(=O)NC1CCN(C=O)CC1. The molecule has 5 nitrogen and oxygen atoms in total. The largest absolute Gasteiger partial charge is 0.496 e. The van der Waals surface area contributed by atoms with Crippen molar-refractivity contribution in [1.82, 2.24) is 10.2 Å². The summed E-state index contributed by atoms with van der Waals surface area (Å²) in [6.07, 6.45) is 2.44. The van der Waals surface area contributed by atoms with Crippen molar-refractivity contribution in [1.29, 1.82) is 0 Å². The van der Waals surface area contributed by atoms with Crippen LogP contribution in [-0.2, 0) is 4.79 Å². The fourth-order valence-electron chi connectivity index (χ4n) is 2.24. The number of carbonyl (C=O) groups excluding carboxylic acids is 2. The number of rotatable bonds is 4. The third-order valence-corrected chi connectivity index (χ3v) is 3.37. The molecule has 1 heterocycles. The summed E-state index contributed by atoms with van der Waals surface area (Å²) >= 11 is 0. The van der Waals surface area contributed by atoms with Crippen molar-refractivity contribution in [3.8, 4) is 5.75 Å². The minimum absolute atomic E-state index is 0.119. The molecule has 116 valence electrons. The Hall–Kier alpha value is -2.04. The van der Waals surface area contributed by atoms with E-state index in [9.17, 15) is 9.59 Å². The molecule has 1 aromatic rings. The Labute approximate surface area is 126 Å². The van der Waals surface area contributed by atoms with Crippen LogP contribution in [0.25, 0.3) is 0 Å². The normalized spacial score (nSPS) is 14.7. The first kappa shape index (κ1) is 17.0. The molecular formula is C16H24N2O3. The second-order valence-corrected chi connectivity index (χ2v) is 4.59. The highest BCUT2D eigenvalue weighted by molar-refractivity contribution is 5.97. The molecular weight excluding hydrogens is 268 g/mol. The predicted molar refractivity (Wildman–Crippen MR) is 82.5 cm³/mol. The van der Waals surface area contributed by atoms with E-state index in [4.69, 9.17) is 4.74 Å². The van der Waals surface area contributed by atoms with Crippen LogP contribution in [0, 0.1) is 0 Å². The van der Waals surface area contributed by atoms with Gasteiger partial charge in [0.15, 0.2) is 0 Å². The quantitative estimate of drug-likeness (QED) is 0.864. The molecule has 1 N–H and O–H groups in total. The van der Waals surface area contributed by atoms with Gasteiger partial charge in [-0.1, -0.05) is 26.0 Å². The van der Waals surface area contributed by atoms with Crippen molar-refractivity contribution in [2.24, 2.45) is 0 Å². The van der Waals surface area contributed by atoms with Crippen molar-refractivity contribution in [2.45, 2.75) is 32.7 Å². The molecule has 21 heavy (non-hydrogen) atoms. The Morgan fingerprint density at radius 1 is 1.29 bits per heavy atom. The highest BCUT2D eigenvalue weighted by atomic mass is 16.5. The average molecular weight is 292 g/mol. The maximum absolute atomic E-state index is 12.2. The number of amides is 2. The van der Waals surface area contributed by atoms with Crippen LogP contribution in [0.4, 0.5) is 0 Å². The first-order chi connectivity index (χ1) is 10.2. The van der Waals surface area contributed by atoms with Gasteiger partial charge in [-0.15, -0.1) is 0 Å². The summed E-state index contributed by atoms with van der Waals surface area (Å²) in [6, 6.07) is 7.28. The van der Waals surface area contributed by atoms with Crippen molar-refractivity contribution in [2.75, 3.05) is 20.2 Å². The summed E-state index contributed by atoms with van der Waals surface area (Å²) in [4.78, 5) is 24.5. The molecule has 1 aliphatic heterocycles. The van der Waals surface area contributed by atoms with Gasteiger partial charge in [-0.25, -0.2) is 0 Å². The standard InChI is InChI=1S/C14H18N2O3.C2H6/c1-19-13-5-3-2-4-12(13)14(18)15-11-6-8-16(10-17)9-7-11;1-2/h2-5,10-11H,6-9H2,1H3,(H,15,18);1-2H3. The van der Waals surface area contributed by atoms with E-state index in [2.05, 4.69) is 5.32 Å². The van der Waals surface area contributed by atoms with E-state index in [0.29, 0.717) is 24.4 Å². The molecule has 1 saturated heterocycles. The number of hydrogen-bond donors (Lipinski definition) is 1. The zero-order chi connectivity index (χ0) is 15.7. The molecule has 2 rings (SSSR count). The number of nitrogens with one attached hydrogen (secondary N) is 1. The van der Waals surface area contributed by atoms with Gasteiger partial charge >= 0.3 is 0 Å². The number of piperidine rings is 1. The van der Waals surface area contributed by atoms with Gasteiger partial charge in [-0.2, -0.15) is 0 Å². The highest BCUT2D eigenvalue weighted by Gasteiger charge is 2.21. The number of ether oxygens (including phenoxy) is 1. The fraction of sp³-hybridized carbons (Fsp3) is 0.500. The van der Waals surface area contributed by atoms with Gasteiger partial charge in [0.25, 0.3) is 5.91 Å². The number of methoxy groups -OCH3 is 1. The molecule has 5 heteroatoms. The van der Waals surface area contributed by atoms with Gasteiger partial charge in [0.1, 0.15) is 5.75 Å². The minimum atomic E-state index is -0.123. The molecule has 0 saturated carbocycles. The van der Waals surface area contributed by atoms with Crippen LogP contribution in [0.2, 0.25) is 0 Å². The zero-order valence-electron chi connectivity index (χ0n) is 13.0. The molecule has 0 aliphatic carbocycles. The van der Waals surface area contributed by atoms with Crippen LogP contribution in [0.1, 0.15) is 37.0 Å². The van der Waals surface area contributed by atoms with Crippen LogP contribution in [0.3, 0.4) is 0 Å². The fourth-order valence-corrected chi connectivity index (χ4v) is 2.24. The van der Waals surface area contributed by atoms with E-state index in [1.54, 1.807) is 24.1 Å². The van der Waals surface area contributed by atoms with Gasteiger partial charge in [-0.05, 0) is 25.0 Å². The molecule has 0 atom stereocenters.